The summed E-state index contributed by atoms with van der Waals surface area (Å²) in [5.74, 6) is 1.23. The molecule has 52 heavy (non-hydrogen) atoms. The zero-order valence-electron chi connectivity index (χ0n) is 26.0. The summed E-state index contributed by atoms with van der Waals surface area (Å²) in [4.78, 5) is 25.0. The summed E-state index contributed by atoms with van der Waals surface area (Å²) in [5, 5.41) is 3.37. The molecule has 2 heterocycles. The predicted octanol–water partition coefficient (Wildman–Crippen LogP) is 12.7. The highest BCUT2D eigenvalue weighted by atomic mass is 35.6. The Hall–Kier alpha value is -1.50. The van der Waals surface area contributed by atoms with Gasteiger partial charge in [0.25, 0.3) is 0 Å². The molecule has 0 amide bonds. The smallest absolute Gasteiger partial charge is 0.250 e. The van der Waals surface area contributed by atoms with Crippen molar-refractivity contribution in [2.24, 2.45) is 0 Å². The molecule has 4 aromatic carbocycles. The van der Waals surface area contributed by atoms with Crippen LogP contribution in [0.4, 0.5) is 0 Å². The van der Waals surface area contributed by atoms with E-state index < -0.39 is 15.2 Å². The summed E-state index contributed by atoms with van der Waals surface area (Å²) in [7, 11) is 3.18. The van der Waals surface area contributed by atoms with E-state index in [2.05, 4.69) is 29.9 Å². The molecule has 0 aliphatic carbocycles. The lowest BCUT2D eigenvalue weighted by Crippen LogP contribution is -2.16. The fraction of sp³-hybridized carbons (Fsp3) is 0.188. The van der Waals surface area contributed by atoms with Crippen LogP contribution in [0.3, 0.4) is 0 Å². The van der Waals surface area contributed by atoms with Gasteiger partial charge in [-0.05, 0) is 35.0 Å². The molecule has 6 aromatic rings. The molecule has 0 bridgehead atoms. The van der Waals surface area contributed by atoms with Gasteiger partial charge in [-0.1, -0.05) is 188 Å². The minimum Gasteiger partial charge on any atom is -0.496 e. The molecule has 8 nitrogen and oxygen atoms in total. The van der Waals surface area contributed by atoms with E-state index in [1.165, 1.54) is 0 Å². The van der Waals surface area contributed by atoms with Crippen LogP contribution in [-0.2, 0) is 15.2 Å². The second kappa shape index (κ2) is 16.3. The first kappa shape index (κ1) is 41.7. The quantitative estimate of drug-likeness (QED) is 0.161. The van der Waals surface area contributed by atoms with E-state index in [0.717, 1.165) is 21.5 Å². The number of hydrogen-bond donors (Lipinski definition) is 0. The summed E-state index contributed by atoms with van der Waals surface area (Å²) in [5.41, 5.74) is 1.30. The van der Waals surface area contributed by atoms with Crippen molar-refractivity contribution < 1.29 is 9.47 Å². The number of rotatable bonds is 4. The maximum Gasteiger partial charge on any atom is 0.250 e. The van der Waals surface area contributed by atoms with Crippen LogP contribution in [0, 0.1) is 0 Å². The predicted molar refractivity (Wildman–Crippen MR) is 216 cm³/mol. The Morgan fingerprint density at radius 3 is 0.885 bits per heavy atom. The first-order valence-electron chi connectivity index (χ1n) is 14.2. The molecule has 0 saturated carbocycles. The van der Waals surface area contributed by atoms with Crippen molar-refractivity contribution >= 4 is 161 Å². The van der Waals surface area contributed by atoms with E-state index >= 15 is 0 Å². The van der Waals surface area contributed by atoms with Gasteiger partial charge in [0, 0.05) is 21.9 Å². The Bertz CT molecular complexity index is 2030. The zero-order valence-corrected chi connectivity index (χ0v) is 35.0. The number of nitrogens with zero attached hydrogens (tertiary/aromatic N) is 6. The Labute approximate surface area is 356 Å². The second-order valence-electron chi connectivity index (χ2n) is 10.3. The largest absolute Gasteiger partial charge is 0.496 e. The molecular formula is C32H18Cl12N6O2. The third kappa shape index (κ3) is 9.65. The number of aromatic nitrogens is 6. The van der Waals surface area contributed by atoms with Crippen LogP contribution in [0.2, 0.25) is 0 Å². The number of benzene rings is 4. The molecule has 0 saturated heterocycles. The molecule has 272 valence electrons. The van der Waals surface area contributed by atoms with Crippen molar-refractivity contribution in [2.75, 3.05) is 14.2 Å². The van der Waals surface area contributed by atoms with E-state index in [4.69, 9.17) is 149 Å². The first-order chi connectivity index (χ1) is 24.2. The molecule has 0 atom stereocenters. The molecule has 20 heteroatoms. The van der Waals surface area contributed by atoms with Crippen LogP contribution in [-0.4, -0.2) is 44.1 Å². The average Bonchev–Trinajstić information content (AvgIpc) is 3.09. The summed E-state index contributed by atoms with van der Waals surface area (Å²) < 4.78 is 3.14. The third-order valence-corrected chi connectivity index (χ3v) is 9.00. The van der Waals surface area contributed by atoms with Gasteiger partial charge < -0.3 is 9.47 Å². The van der Waals surface area contributed by atoms with Crippen molar-refractivity contribution in [1.82, 2.24) is 29.9 Å². The monoisotopic (exact) mass is 938 g/mol. The van der Waals surface area contributed by atoms with Crippen LogP contribution >= 0.6 is 139 Å². The molecule has 0 unspecified atom stereocenters. The Balaban J connectivity index is 0.000000201. The van der Waals surface area contributed by atoms with Gasteiger partial charge in [0.15, 0.2) is 34.9 Å². The van der Waals surface area contributed by atoms with E-state index in [1.54, 1.807) is 38.5 Å². The minimum atomic E-state index is -1.91. The third-order valence-electron chi connectivity index (χ3n) is 6.97. The lowest BCUT2D eigenvalue weighted by molar-refractivity contribution is 0.420. The summed E-state index contributed by atoms with van der Waals surface area (Å²) in [6.07, 6.45) is 0. The SMILES string of the molecule is COc1ccc(-c2nc(C(Cl)(Cl)Cl)nc(C(Cl)(Cl)Cl)n2)c2ccccc12.COc1ccc(-c2nc(C(Cl)(Cl)Cl)nc(C(Cl)(Cl)Cl)n2)c2ccccc12. The lowest BCUT2D eigenvalue weighted by Gasteiger charge is -2.16. The average molecular weight is 944 g/mol. The van der Waals surface area contributed by atoms with Gasteiger partial charge >= 0.3 is 0 Å². The standard InChI is InChI=1S/2C16H9Cl6N3O/c2*1-26-11-7-6-10(8-4-2-3-5-9(8)11)12-23-13(15(17,18)19)25-14(24-12)16(20,21)22/h2*2-7H,1H3. The Kier molecular flexibility index (Phi) is 13.1. The molecule has 0 N–H and O–H groups in total. The van der Waals surface area contributed by atoms with Gasteiger partial charge in [0.05, 0.1) is 14.2 Å². The topological polar surface area (TPSA) is 95.8 Å². The van der Waals surface area contributed by atoms with E-state index in [9.17, 15) is 0 Å². The van der Waals surface area contributed by atoms with Crippen LogP contribution in [0.15, 0.2) is 72.8 Å². The highest BCUT2D eigenvalue weighted by Crippen LogP contribution is 2.43. The summed E-state index contributed by atoms with van der Waals surface area (Å²) in [6, 6.07) is 22.2. The first-order valence-corrected chi connectivity index (χ1v) is 18.7. The zero-order chi connectivity index (χ0) is 38.2. The van der Waals surface area contributed by atoms with Gasteiger partial charge in [-0.2, -0.15) is 0 Å². The highest BCUT2D eigenvalue weighted by Gasteiger charge is 2.35. The number of halogens is 12. The molecule has 2 aromatic heterocycles. The number of methoxy groups -OCH3 is 2. The van der Waals surface area contributed by atoms with Crippen LogP contribution < -0.4 is 9.47 Å². The van der Waals surface area contributed by atoms with E-state index in [1.807, 2.05) is 48.5 Å². The van der Waals surface area contributed by atoms with Crippen molar-refractivity contribution in [1.29, 1.82) is 0 Å². The normalized spacial score (nSPS) is 12.4. The van der Waals surface area contributed by atoms with Gasteiger partial charge in [-0.15, -0.1) is 0 Å². The summed E-state index contributed by atoms with van der Waals surface area (Å²) in [6.45, 7) is 0. The number of alkyl halides is 12. The van der Waals surface area contributed by atoms with E-state index in [0.29, 0.717) is 22.6 Å². The maximum absolute atomic E-state index is 5.93. The Morgan fingerprint density at radius 2 is 0.635 bits per heavy atom. The van der Waals surface area contributed by atoms with Crippen molar-refractivity contribution in [2.45, 2.75) is 15.2 Å². The minimum absolute atomic E-state index is 0.145. The maximum atomic E-state index is 5.93. The van der Waals surface area contributed by atoms with Crippen molar-refractivity contribution in [3.8, 4) is 34.3 Å². The van der Waals surface area contributed by atoms with Gasteiger partial charge in [0.2, 0.25) is 15.2 Å². The highest BCUT2D eigenvalue weighted by molar-refractivity contribution is 6.68. The van der Waals surface area contributed by atoms with Crippen molar-refractivity contribution in [3.05, 3.63) is 96.1 Å². The number of hydrogen-bond acceptors (Lipinski definition) is 8. The molecule has 0 aliphatic rings. The second-order valence-corrected chi connectivity index (χ2v) is 19.5. The van der Waals surface area contributed by atoms with Gasteiger partial charge in [-0.3, -0.25) is 0 Å². The van der Waals surface area contributed by atoms with Crippen molar-refractivity contribution in [3.63, 3.8) is 0 Å². The van der Waals surface area contributed by atoms with Crippen LogP contribution in [0.5, 0.6) is 11.5 Å². The van der Waals surface area contributed by atoms with E-state index in [-0.39, 0.29) is 34.9 Å². The fourth-order valence-corrected chi connectivity index (χ4v) is 5.80. The molecule has 0 fully saturated rings. The van der Waals surface area contributed by atoms with Crippen LogP contribution in [0.25, 0.3) is 44.3 Å². The van der Waals surface area contributed by atoms with Crippen LogP contribution in [0.1, 0.15) is 23.3 Å². The molecule has 6 rings (SSSR count). The summed E-state index contributed by atoms with van der Waals surface area (Å²) >= 11 is 71.2. The fourth-order valence-electron chi connectivity index (χ4n) is 4.79. The number of ether oxygens (including phenoxy) is 2. The lowest BCUT2D eigenvalue weighted by atomic mass is 10.0. The molecule has 0 radical (unpaired) electrons. The molecular weight excluding hydrogens is 926 g/mol. The molecule has 0 aliphatic heterocycles. The Morgan fingerprint density at radius 1 is 0.365 bits per heavy atom. The van der Waals surface area contributed by atoms with Gasteiger partial charge in [0.1, 0.15) is 11.5 Å². The van der Waals surface area contributed by atoms with Gasteiger partial charge in [-0.25, -0.2) is 29.9 Å². The number of fused-ring (bicyclic) bond motifs is 2. The molecule has 0 spiro atoms.